The van der Waals surface area contributed by atoms with Gasteiger partial charge in [-0.3, -0.25) is 0 Å². The maximum Gasteiger partial charge on any atom is 0.127 e. The van der Waals surface area contributed by atoms with Crippen molar-refractivity contribution in [3.8, 4) is 0 Å². The van der Waals surface area contributed by atoms with Gasteiger partial charge in [-0.05, 0) is 61.3 Å². The summed E-state index contributed by atoms with van der Waals surface area (Å²) >= 11 is 0. The number of aliphatic hydroxyl groups excluding tert-OH is 1. The predicted molar refractivity (Wildman–Crippen MR) is 129 cm³/mol. The van der Waals surface area contributed by atoms with Crippen molar-refractivity contribution in [2.45, 2.75) is 71.1 Å². The molecular formula is C29H37FO. The average molecular weight is 421 g/mol. The fraction of sp³-hybridized carbons (Fsp3) is 0.448. The number of allylic oxidation sites excluding steroid dienone is 4. The predicted octanol–water partition coefficient (Wildman–Crippen LogP) is 7.55. The van der Waals surface area contributed by atoms with E-state index in [1.807, 2.05) is 12.1 Å². The van der Waals surface area contributed by atoms with Crippen molar-refractivity contribution in [3.05, 3.63) is 94.8 Å². The summed E-state index contributed by atoms with van der Waals surface area (Å²) in [7, 11) is 0. The van der Waals surface area contributed by atoms with E-state index in [0.717, 1.165) is 31.2 Å². The molecule has 1 nitrogen and oxygen atoms in total. The third-order valence-electron chi connectivity index (χ3n) is 6.69. The van der Waals surface area contributed by atoms with Gasteiger partial charge >= 0.3 is 0 Å². The van der Waals surface area contributed by atoms with Crippen LogP contribution in [-0.4, -0.2) is 11.7 Å². The molecule has 2 aromatic carbocycles. The summed E-state index contributed by atoms with van der Waals surface area (Å²) in [5.41, 5.74) is 4.57. The molecule has 0 saturated carbocycles. The summed E-state index contributed by atoms with van der Waals surface area (Å²) in [6.07, 6.45) is 15.2. The summed E-state index contributed by atoms with van der Waals surface area (Å²) in [5.74, 6) is -0.161. The van der Waals surface area contributed by atoms with E-state index < -0.39 is 0 Å². The first-order valence-corrected chi connectivity index (χ1v) is 11.9. The fourth-order valence-corrected chi connectivity index (χ4v) is 4.74. The highest BCUT2D eigenvalue weighted by Gasteiger charge is 2.31. The summed E-state index contributed by atoms with van der Waals surface area (Å²) < 4.78 is 14.4. The van der Waals surface area contributed by atoms with Crippen molar-refractivity contribution in [3.63, 3.8) is 0 Å². The highest BCUT2D eigenvalue weighted by Crippen LogP contribution is 2.43. The normalized spacial score (nSPS) is 20.6. The Labute approximate surface area is 187 Å². The number of hydrogen-bond acceptors (Lipinski definition) is 1. The Morgan fingerprint density at radius 2 is 1.61 bits per heavy atom. The second-order valence-corrected chi connectivity index (χ2v) is 8.91. The third kappa shape index (κ3) is 6.17. The minimum absolute atomic E-state index is 0.0135. The smallest absolute Gasteiger partial charge is 0.127 e. The van der Waals surface area contributed by atoms with Gasteiger partial charge in [-0.2, -0.15) is 0 Å². The van der Waals surface area contributed by atoms with E-state index in [4.69, 9.17) is 0 Å². The fourth-order valence-electron chi connectivity index (χ4n) is 4.74. The Morgan fingerprint density at radius 1 is 0.903 bits per heavy atom. The van der Waals surface area contributed by atoms with Crippen molar-refractivity contribution >= 4 is 0 Å². The van der Waals surface area contributed by atoms with Gasteiger partial charge in [0.1, 0.15) is 5.82 Å². The molecule has 3 rings (SSSR count). The number of aryl methyl sites for hydroxylation is 2. The molecule has 1 aliphatic carbocycles. The van der Waals surface area contributed by atoms with Gasteiger partial charge in [-0.15, -0.1) is 0 Å². The molecule has 0 aromatic heterocycles. The van der Waals surface area contributed by atoms with Crippen LogP contribution in [0.4, 0.5) is 4.39 Å². The van der Waals surface area contributed by atoms with E-state index in [9.17, 15) is 9.50 Å². The van der Waals surface area contributed by atoms with E-state index in [1.165, 1.54) is 42.0 Å². The lowest BCUT2D eigenvalue weighted by Crippen LogP contribution is -2.23. The summed E-state index contributed by atoms with van der Waals surface area (Å²) in [6.45, 7) is 4.53. The Balaban J connectivity index is 1.73. The Morgan fingerprint density at radius 3 is 2.26 bits per heavy atom. The van der Waals surface area contributed by atoms with Gasteiger partial charge in [0, 0.05) is 17.9 Å². The van der Waals surface area contributed by atoms with Crippen LogP contribution in [0.5, 0.6) is 0 Å². The van der Waals surface area contributed by atoms with Crippen LogP contribution in [0.3, 0.4) is 0 Å². The lowest BCUT2D eigenvalue weighted by Gasteiger charge is -2.34. The molecule has 166 valence electrons. The van der Waals surface area contributed by atoms with Crippen LogP contribution in [0.15, 0.2) is 72.3 Å². The highest BCUT2D eigenvalue weighted by atomic mass is 19.1. The van der Waals surface area contributed by atoms with Crippen LogP contribution in [0.25, 0.3) is 0 Å². The van der Waals surface area contributed by atoms with Crippen LogP contribution in [0, 0.1) is 11.2 Å². The molecule has 0 heterocycles. The van der Waals surface area contributed by atoms with Crippen LogP contribution in [-0.2, 0) is 12.8 Å². The van der Waals surface area contributed by atoms with Crippen molar-refractivity contribution < 1.29 is 9.50 Å². The number of benzene rings is 2. The highest BCUT2D eigenvalue weighted by molar-refractivity contribution is 5.40. The number of aliphatic hydroxyl groups is 1. The first kappa shape index (κ1) is 23.5. The van der Waals surface area contributed by atoms with Crippen LogP contribution >= 0.6 is 0 Å². The maximum absolute atomic E-state index is 14.4. The standard InChI is InChI=1S/C29H37FO/c1-3-5-6-9-23-12-14-24(15-13-23)16-18-29(20-21-31)19-17-26(25(4-2)22-29)27-10-7-8-11-28(27)30/h7-8,10-15,17,19,22,26,31H,3-6,9,16,18,20-21H2,1-2H3. The van der Waals surface area contributed by atoms with Gasteiger partial charge < -0.3 is 5.11 Å². The molecule has 31 heavy (non-hydrogen) atoms. The maximum atomic E-state index is 14.4. The molecule has 2 aromatic rings. The van der Waals surface area contributed by atoms with Gasteiger partial charge in [0.2, 0.25) is 0 Å². The van der Waals surface area contributed by atoms with Gasteiger partial charge in [0.15, 0.2) is 0 Å². The minimum Gasteiger partial charge on any atom is -0.396 e. The first-order valence-electron chi connectivity index (χ1n) is 11.9. The Bertz CT molecular complexity index is 880. The molecule has 0 aliphatic heterocycles. The average Bonchev–Trinajstić information content (AvgIpc) is 2.79. The molecule has 0 spiro atoms. The summed E-state index contributed by atoms with van der Waals surface area (Å²) in [5, 5.41) is 9.78. The van der Waals surface area contributed by atoms with Crippen molar-refractivity contribution in [2.24, 2.45) is 5.41 Å². The third-order valence-corrected chi connectivity index (χ3v) is 6.69. The molecule has 0 bridgehead atoms. The largest absolute Gasteiger partial charge is 0.396 e. The number of rotatable bonds is 11. The van der Waals surface area contributed by atoms with E-state index in [1.54, 1.807) is 6.07 Å². The number of halogens is 1. The second-order valence-electron chi connectivity index (χ2n) is 8.91. The Hall–Kier alpha value is -2.19. The molecule has 2 heteroatoms. The molecular weight excluding hydrogens is 383 g/mol. The molecule has 1 aliphatic rings. The van der Waals surface area contributed by atoms with Gasteiger partial charge in [0.05, 0.1) is 0 Å². The molecule has 1 N–H and O–H groups in total. The van der Waals surface area contributed by atoms with E-state index in [-0.39, 0.29) is 23.8 Å². The monoisotopic (exact) mass is 420 g/mol. The second kappa shape index (κ2) is 11.4. The van der Waals surface area contributed by atoms with E-state index in [2.05, 4.69) is 56.3 Å². The van der Waals surface area contributed by atoms with Crippen molar-refractivity contribution in [1.82, 2.24) is 0 Å². The molecule has 0 fully saturated rings. The molecule has 0 radical (unpaired) electrons. The summed E-state index contributed by atoms with van der Waals surface area (Å²) in [4.78, 5) is 0. The van der Waals surface area contributed by atoms with Gasteiger partial charge in [-0.1, -0.05) is 93.0 Å². The zero-order valence-electron chi connectivity index (χ0n) is 19.1. The molecule has 0 saturated heterocycles. The SMILES string of the molecule is CCCCCc1ccc(CCC2(CCO)C=CC(c3ccccc3F)C(CC)=C2)cc1. The quantitative estimate of drug-likeness (QED) is 0.294. The van der Waals surface area contributed by atoms with Crippen LogP contribution in [0.2, 0.25) is 0 Å². The topological polar surface area (TPSA) is 20.2 Å². The van der Waals surface area contributed by atoms with Crippen LogP contribution in [0.1, 0.15) is 75.0 Å². The van der Waals surface area contributed by atoms with E-state index >= 15 is 0 Å². The molecule has 2 unspecified atom stereocenters. The molecule has 0 amide bonds. The zero-order chi connectivity index (χ0) is 22.1. The lowest BCUT2D eigenvalue weighted by molar-refractivity contribution is 0.237. The minimum atomic E-state index is -0.165. The number of hydrogen-bond donors (Lipinski definition) is 1. The van der Waals surface area contributed by atoms with E-state index in [0.29, 0.717) is 6.42 Å². The van der Waals surface area contributed by atoms with Crippen molar-refractivity contribution in [2.75, 3.05) is 6.61 Å². The van der Waals surface area contributed by atoms with Gasteiger partial charge in [0.25, 0.3) is 0 Å². The summed E-state index contributed by atoms with van der Waals surface area (Å²) in [6, 6.07) is 16.1. The zero-order valence-corrected chi connectivity index (χ0v) is 19.1. The number of unbranched alkanes of at least 4 members (excludes halogenated alkanes) is 2. The lowest BCUT2D eigenvalue weighted by atomic mass is 9.70. The molecule has 2 atom stereocenters. The van der Waals surface area contributed by atoms with Crippen LogP contribution < -0.4 is 0 Å². The first-order chi connectivity index (χ1) is 15.1. The van der Waals surface area contributed by atoms with Crippen molar-refractivity contribution in [1.29, 1.82) is 0 Å². The Kier molecular flexibility index (Phi) is 8.66. The van der Waals surface area contributed by atoms with Gasteiger partial charge in [-0.25, -0.2) is 4.39 Å².